The Kier molecular flexibility index (Phi) is 3.61. The molecule has 2 atom stereocenters. The SMILES string of the molecule is N#Cc1c[nH]c2ncc(=O)n(-c3ccc4ncnc(N5C[C@H]6CNC(=O)[C@H]6C5)c4c3)c12. The van der Waals surface area contributed by atoms with Crippen molar-refractivity contribution in [1.82, 2.24) is 29.8 Å². The van der Waals surface area contributed by atoms with E-state index in [1.807, 2.05) is 12.1 Å². The van der Waals surface area contributed by atoms with Crippen LogP contribution in [0.2, 0.25) is 0 Å². The quantitative estimate of drug-likeness (QED) is 0.495. The topological polar surface area (TPSA) is 133 Å². The summed E-state index contributed by atoms with van der Waals surface area (Å²) in [6, 6.07) is 7.58. The van der Waals surface area contributed by atoms with Crippen molar-refractivity contribution in [2.45, 2.75) is 0 Å². The van der Waals surface area contributed by atoms with Crippen LogP contribution in [-0.4, -0.2) is 50.0 Å². The maximum absolute atomic E-state index is 12.7. The van der Waals surface area contributed by atoms with Gasteiger partial charge in [0.15, 0.2) is 5.65 Å². The van der Waals surface area contributed by atoms with Crippen molar-refractivity contribution in [3.63, 3.8) is 0 Å². The fourth-order valence-electron chi connectivity index (χ4n) is 4.69. The van der Waals surface area contributed by atoms with Crippen LogP contribution >= 0.6 is 0 Å². The Morgan fingerprint density at radius 2 is 2.06 bits per heavy atom. The number of aromatic amines is 1. The molecule has 5 heterocycles. The maximum atomic E-state index is 12.7. The first-order valence-corrected chi connectivity index (χ1v) is 9.91. The van der Waals surface area contributed by atoms with Gasteiger partial charge in [0.2, 0.25) is 5.91 Å². The van der Waals surface area contributed by atoms with Crippen LogP contribution in [0, 0.1) is 23.2 Å². The van der Waals surface area contributed by atoms with Gasteiger partial charge in [-0.05, 0) is 18.2 Å². The molecule has 10 heteroatoms. The van der Waals surface area contributed by atoms with Crippen molar-refractivity contribution in [1.29, 1.82) is 5.26 Å². The number of fused-ring (bicyclic) bond motifs is 3. The number of amides is 1. The molecule has 2 aliphatic rings. The van der Waals surface area contributed by atoms with E-state index in [4.69, 9.17) is 0 Å². The molecule has 1 aromatic carbocycles. The first-order valence-electron chi connectivity index (χ1n) is 9.91. The summed E-state index contributed by atoms with van der Waals surface area (Å²) < 4.78 is 1.47. The molecule has 2 aliphatic heterocycles. The third kappa shape index (κ3) is 2.53. The first kappa shape index (κ1) is 17.6. The lowest BCUT2D eigenvalue weighted by Crippen LogP contribution is -2.29. The van der Waals surface area contributed by atoms with Gasteiger partial charge in [-0.3, -0.25) is 14.2 Å². The summed E-state index contributed by atoms with van der Waals surface area (Å²) in [6.07, 6.45) is 4.28. The molecule has 1 amide bonds. The van der Waals surface area contributed by atoms with Crippen LogP contribution < -0.4 is 15.8 Å². The highest BCUT2D eigenvalue weighted by Gasteiger charge is 2.42. The molecule has 31 heavy (non-hydrogen) atoms. The fraction of sp³-hybridized carbons (Fsp3) is 0.238. The van der Waals surface area contributed by atoms with Crippen molar-refractivity contribution >= 4 is 33.8 Å². The molecule has 6 rings (SSSR count). The second-order valence-electron chi connectivity index (χ2n) is 7.86. The Labute approximate surface area is 175 Å². The van der Waals surface area contributed by atoms with E-state index < -0.39 is 0 Å². The van der Waals surface area contributed by atoms with Gasteiger partial charge in [0.1, 0.15) is 23.7 Å². The summed E-state index contributed by atoms with van der Waals surface area (Å²) in [4.78, 5) is 42.9. The lowest BCUT2D eigenvalue weighted by Gasteiger charge is -2.20. The van der Waals surface area contributed by atoms with E-state index in [1.165, 1.54) is 23.3 Å². The minimum atomic E-state index is -0.339. The molecular weight excluding hydrogens is 396 g/mol. The van der Waals surface area contributed by atoms with Gasteiger partial charge >= 0.3 is 0 Å². The third-order valence-corrected chi connectivity index (χ3v) is 6.17. The Morgan fingerprint density at radius 1 is 1.16 bits per heavy atom. The zero-order chi connectivity index (χ0) is 21.1. The van der Waals surface area contributed by atoms with Crippen LogP contribution in [-0.2, 0) is 4.79 Å². The van der Waals surface area contributed by atoms with Crippen LogP contribution in [0.25, 0.3) is 27.8 Å². The Hall–Kier alpha value is -4.26. The molecule has 0 unspecified atom stereocenters. The number of aromatic nitrogens is 5. The van der Waals surface area contributed by atoms with Crippen LogP contribution in [0.1, 0.15) is 5.56 Å². The van der Waals surface area contributed by atoms with Gasteiger partial charge in [0, 0.05) is 37.1 Å². The summed E-state index contributed by atoms with van der Waals surface area (Å²) in [5.74, 6) is 1.06. The second kappa shape index (κ2) is 6.37. The second-order valence-corrected chi connectivity index (χ2v) is 7.86. The van der Waals surface area contributed by atoms with Gasteiger partial charge in [-0.15, -0.1) is 0 Å². The van der Waals surface area contributed by atoms with E-state index >= 15 is 0 Å². The number of H-pyrrole nitrogens is 1. The van der Waals surface area contributed by atoms with Crippen LogP contribution in [0.4, 0.5) is 5.82 Å². The number of rotatable bonds is 2. The molecule has 2 fully saturated rings. The molecule has 0 spiro atoms. The van der Waals surface area contributed by atoms with E-state index in [0.29, 0.717) is 35.5 Å². The highest BCUT2D eigenvalue weighted by Crippen LogP contribution is 2.34. The third-order valence-electron chi connectivity index (χ3n) is 6.17. The van der Waals surface area contributed by atoms with Crippen molar-refractivity contribution in [3.05, 3.63) is 52.8 Å². The number of hydrogen-bond donors (Lipinski definition) is 2. The monoisotopic (exact) mass is 412 g/mol. The largest absolute Gasteiger partial charge is 0.355 e. The molecule has 0 saturated carbocycles. The summed E-state index contributed by atoms with van der Waals surface area (Å²) in [6.45, 7) is 2.02. The van der Waals surface area contributed by atoms with Gasteiger partial charge < -0.3 is 15.2 Å². The van der Waals surface area contributed by atoms with E-state index in [2.05, 4.69) is 36.2 Å². The van der Waals surface area contributed by atoms with Crippen molar-refractivity contribution in [3.8, 4) is 11.8 Å². The molecule has 152 valence electrons. The standard InChI is InChI=1S/C21H16N8O2/c22-4-11-5-23-19-18(11)29(17(30)7-24-19)13-1-2-16-14(3-13)20(27-10-26-16)28-8-12-6-25-21(31)15(12)9-28/h1-3,5,7,10,12,15,23H,6,8-9H2,(H,25,31)/t12-,15+/m1/s1. The Balaban J connectivity index is 1.53. The summed E-state index contributed by atoms with van der Waals surface area (Å²) >= 11 is 0. The van der Waals surface area contributed by atoms with Crippen molar-refractivity contribution in [2.24, 2.45) is 11.8 Å². The van der Waals surface area contributed by atoms with E-state index in [1.54, 1.807) is 6.07 Å². The van der Waals surface area contributed by atoms with Crippen LogP contribution in [0.15, 0.2) is 41.7 Å². The Morgan fingerprint density at radius 3 is 2.90 bits per heavy atom. The summed E-state index contributed by atoms with van der Waals surface area (Å²) in [7, 11) is 0. The molecular formula is C21H16N8O2. The van der Waals surface area contributed by atoms with E-state index in [9.17, 15) is 14.9 Å². The minimum absolute atomic E-state index is 0.0336. The van der Waals surface area contributed by atoms with E-state index in [0.717, 1.165) is 23.3 Å². The highest BCUT2D eigenvalue weighted by molar-refractivity contribution is 5.92. The van der Waals surface area contributed by atoms with Crippen LogP contribution in [0.3, 0.4) is 0 Å². The molecule has 0 radical (unpaired) electrons. The fourth-order valence-corrected chi connectivity index (χ4v) is 4.69. The minimum Gasteiger partial charge on any atom is -0.355 e. The predicted molar refractivity (Wildman–Crippen MR) is 112 cm³/mol. The number of nitrogens with one attached hydrogen (secondary N) is 2. The molecule has 0 aliphatic carbocycles. The van der Waals surface area contributed by atoms with Crippen molar-refractivity contribution < 1.29 is 4.79 Å². The molecule has 4 aromatic rings. The van der Waals surface area contributed by atoms with Crippen LogP contribution in [0.5, 0.6) is 0 Å². The zero-order valence-electron chi connectivity index (χ0n) is 16.2. The lowest BCUT2D eigenvalue weighted by atomic mass is 10.0. The number of nitriles is 1. The molecule has 2 saturated heterocycles. The first-order chi connectivity index (χ1) is 15.1. The van der Waals surface area contributed by atoms with Gasteiger partial charge in [-0.1, -0.05) is 0 Å². The number of carbonyl (C=O) groups excluding carboxylic acids is 1. The summed E-state index contributed by atoms with van der Waals surface area (Å²) in [5.41, 5.74) is 2.22. The number of hydrogen-bond acceptors (Lipinski definition) is 7. The normalized spacial score (nSPS) is 20.2. The molecule has 3 aromatic heterocycles. The van der Waals surface area contributed by atoms with Gasteiger partial charge in [0.25, 0.3) is 5.56 Å². The number of benzene rings is 1. The molecule has 0 bridgehead atoms. The smallest absolute Gasteiger partial charge is 0.274 e. The van der Waals surface area contributed by atoms with Gasteiger partial charge in [-0.25, -0.2) is 15.0 Å². The molecule has 2 N–H and O–H groups in total. The van der Waals surface area contributed by atoms with E-state index in [-0.39, 0.29) is 23.3 Å². The zero-order valence-corrected chi connectivity index (χ0v) is 16.2. The average molecular weight is 412 g/mol. The number of anilines is 1. The van der Waals surface area contributed by atoms with Crippen molar-refractivity contribution in [2.75, 3.05) is 24.5 Å². The number of nitrogens with zero attached hydrogens (tertiary/aromatic N) is 6. The van der Waals surface area contributed by atoms with Gasteiger partial charge in [0.05, 0.1) is 28.9 Å². The highest BCUT2D eigenvalue weighted by atomic mass is 16.2. The summed E-state index contributed by atoms with van der Waals surface area (Å²) in [5, 5.41) is 13.2. The Bertz CT molecular complexity index is 1480. The predicted octanol–water partition coefficient (Wildman–Crippen LogP) is 0.711. The maximum Gasteiger partial charge on any atom is 0.274 e. The lowest BCUT2D eigenvalue weighted by molar-refractivity contribution is -0.122. The van der Waals surface area contributed by atoms with Gasteiger partial charge in [-0.2, -0.15) is 5.26 Å². The average Bonchev–Trinajstić information content (AvgIpc) is 3.48. The molecule has 10 nitrogen and oxygen atoms in total. The number of carbonyl (C=O) groups is 1.